The Morgan fingerprint density at radius 1 is 1.48 bits per heavy atom. The van der Waals surface area contributed by atoms with E-state index in [1.807, 2.05) is 26.0 Å². The largest absolute Gasteiger partial charge is 0.491 e. The number of hydrogen-bond donors (Lipinski definition) is 3. The van der Waals surface area contributed by atoms with Gasteiger partial charge in [-0.2, -0.15) is 0 Å². The van der Waals surface area contributed by atoms with Crippen LogP contribution in [0, 0.1) is 0 Å². The second kappa shape index (κ2) is 7.98. The Morgan fingerprint density at radius 3 is 2.76 bits per heavy atom. The second-order valence-corrected chi connectivity index (χ2v) is 6.10. The predicted molar refractivity (Wildman–Crippen MR) is 88.2 cm³/mol. The smallest absolute Gasteiger partial charge is 0.241 e. The molecule has 1 fully saturated rings. The van der Waals surface area contributed by atoms with E-state index in [9.17, 15) is 9.90 Å². The topological polar surface area (TPSA) is 70.6 Å². The van der Waals surface area contributed by atoms with Crippen LogP contribution < -0.4 is 15.4 Å². The molecule has 1 saturated heterocycles. The van der Waals surface area contributed by atoms with Gasteiger partial charge in [0.25, 0.3) is 0 Å². The number of anilines is 1. The average molecular weight is 380 g/mol. The molecule has 2 atom stereocenters. The summed E-state index contributed by atoms with van der Waals surface area (Å²) in [4.78, 5) is 12.1. The Kier molecular flexibility index (Phi) is 6.93. The van der Waals surface area contributed by atoms with Crippen molar-refractivity contribution in [3.8, 4) is 5.75 Å². The molecular weight excluding hydrogens is 360 g/mol. The summed E-state index contributed by atoms with van der Waals surface area (Å²) in [7, 11) is 0. The summed E-state index contributed by atoms with van der Waals surface area (Å²) in [5.41, 5.74) is 0.670. The molecule has 1 aromatic rings. The molecule has 118 valence electrons. The lowest BCUT2D eigenvalue weighted by atomic mass is 10.2. The molecule has 2 rings (SSSR count). The zero-order valence-electron chi connectivity index (χ0n) is 11.9. The monoisotopic (exact) mass is 378 g/mol. The van der Waals surface area contributed by atoms with Crippen molar-refractivity contribution in [3.05, 3.63) is 22.7 Å². The first-order chi connectivity index (χ1) is 9.44. The van der Waals surface area contributed by atoms with Crippen molar-refractivity contribution in [1.29, 1.82) is 0 Å². The molecule has 2 unspecified atom stereocenters. The first-order valence-corrected chi connectivity index (χ1v) is 7.43. The molecule has 0 bridgehead atoms. The maximum absolute atomic E-state index is 12.1. The standard InChI is InChI=1S/C14H19BrN2O3.ClH/c1-8(2)20-12-4-9(15)3-10(5-12)17-14(19)13-6-11(18)7-16-13;/h3-5,8,11,13,16,18H,6-7H2,1-2H3,(H,17,19);1H. The molecule has 0 spiro atoms. The number of ether oxygens (including phenoxy) is 1. The highest BCUT2D eigenvalue weighted by Crippen LogP contribution is 2.26. The Morgan fingerprint density at radius 2 is 2.19 bits per heavy atom. The Hall–Kier alpha value is -0.820. The number of benzene rings is 1. The van der Waals surface area contributed by atoms with Gasteiger partial charge >= 0.3 is 0 Å². The van der Waals surface area contributed by atoms with Crippen molar-refractivity contribution in [3.63, 3.8) is 0 Å². The van der Waals surface area contributed by atoms with Gasteiger partial charge in [0.2, 0.25) is 5.91 Å². The highest BCUT2D eigenvalue weighted by atomic mass is 79.9. The third-order valence-corrected chi connectivity index (χ3v) is 3.39. The van der Waals surface area contributed by atoms with Crippen LogP contribution in [0.2, 0.25) is 0 Å². The Labute approximate surface area is 139 Å². The highest BCUT2D eigenvalue weighted by molar-refractivity contribution is 9.10. The van der Waals surface area contributed by atoms with Crippen LogP contribution in [-0.4, -0.2) is 35.8 Å². The zero-order chi connectivity index (χ0) is 14.7. The van der Waals surface area contributed by atoms with E-state index < -0.39 is 6.10 Å². The van der Waals surface area contributed by atoms with Crippen LogP contribution in [-0.2, 0) is 4.79 Å². The van der Waals surface area contributed by atoms with Gasteiger partial charge in [0.05, 0.1) is 18.2 Å². The molecular formula is C14H20BrClN2O3. The van der Waals surface area contributed by atoms with E-state index in [0.29, 0.717) is 24.4 Å². The molecule has 3 N–H and O–H groups in total. The molecule has 1 amide bonds. The predicted octanol–water partition coefficient (Wildman–Crippen LogP) is 2.32. The van der Waals surface area contributed by atoms with Gasteiger partial charge in [0.15, 0.2) is 0 Å². The summed E-state index contributed by atoms with van der Waals surface area (Å²) in [6, 6.07) is 5.11. The summed E-state index contributed by atoms with van der Waals surface area (Å²) >= 11 is 3.40. The fourth-order valence-corrected chi connectivity index (χ4v) is 2.59. The summed E-state index contributed by atoms with van der Waals surface area (Å²) in [5, 5.41) is 15.3. The van der Waals surface area contributed by atoms with E-state index >= 15 is 0 Å². The minimum Gasteiger partial charge on any atom is -0.491 e. The number of amides is 1. The van der Waals surface area contributed by atoms with E-state index in [2.05, 4.69) is 26.6 Å². The number of nitrogens with one attached hydrogen (secondary N) is 2. The number of aliphatic hydroxyl groups is 1. The van der Waals surface area contributed by atoms with Crippen LogP contribution in [0.15, 0.2) is 22.7 Å². The van der Waals surface area contributed by atoms with E-state index in [4.69, 9.17) is 4.74 Å². The zero-order valence-corrected chi connectivity index (χ0v) is 14.3. The van der Waals surface area contributed by atoms with Crippen LogP contribution in [0.5, 0.6) is 5.75 Å². The molecule has 1 aliphatic heterocycles. The van der Waals surface area contributed by atoms with Crippen molar-refractivity contribution >= 4 is 39.9 Å². The van der Waals surface area contributed by atoms with E-state index in [0.717, 1.165) is 4.47 Å². The number of hydrogen-bond acceptors (Lipinski definition) is 4. The number of carbonyl (C=O) groups excluding carboxylic acids is 1. The molecule has 0 aliphatic carbocycles. The van der Waals surface area contributed by atoms with Crippen LogP contribution in [0.25, 0.3) is 0 Å². The van der Waals surface area contributed by atoms with Gasteiger partial charge in [-0.05, 0) is 32.4 Å². The van der Waals surface area contributed by atoms with Crippen molar-refractivity contribution in [2.45, 2.75) is 38.5 Å². The lowest BCUT2D eigenvalue weighted by molar-refractivity contribution is -0.117. The van der Waals surface area contributed by atoms with Gasteiger partial charge in [-0.25, -0.2) is 0 Å². The van der Waals surface area contributed by atoms with Crippen molar-refractivity contribution in [2.75, 3.05) is 11.9 Å². The Balaban J connectivity index is 0.00000220. The summed E-state index contributed by atoms with van der Waals surface area (Å²) in [5.74, 6) is 0.555. The quantitative estimate of drug-likeness (QED) is 0.751. The van der Waals surface area contributed by atoms with E-state index in [1.54, 1.807) is 6.07 Å². The lowest BCUT2D eigenvalue weighted by Gasteiger charge is -2.14. The van der Waals surface area contributed by atoms with Gasteiger partial charge < -0.3 is 20.5 Å². The molecule has 1 aromatic carbocycles. The normalized spacial score (nSPS) is 21.0. The molecule has 21 heavy (non-hydrogen) atoms. The first kappa shape index (κ1) is 18.2. The van der Waals surface area contributed by atoms with Crippen molar-refractivity contribution < 1.29 is 14.6 Å². The minimum atomic E-state index is -0.451. The third-order valence-electron chi connectivity index (χ3n) is 2.93. The molecule has 0 saturated carbocycles. The lowest BCUT2D eigenvalue weighted by Crippen LogP contribution is -2.35. The van der Waals surface area contributed by atoms with E-state index in [-0.39, 0.29) is 30.5 Å². The molecule has 0 radical (unpaired) electrons. The third kappa shape index (κ3) is 5.47. The average Bonchev–Trinajstić information content (AvgIpc) is 2.74. The highest BCUT2D eigenvalue weighted by Gasteiger charge is 2.28. The second-order valence-electron chi connectivity index (χ2n) is 5.18. The summed E-state index contributed by atoms with van der Waals surface area (Å²) < 4.78 is 6.46. The van der Waals surface area contributed by atoms with Gasteiger partial charge in [0, 0.05) is 22.8 Å². The molecule has 1 heterocycles. The number of β-amino-alcohol motifs (C(OH)–C–C–N with tert-alkyl or cyclic N) is 1. The molecule has 5 nitrogen and oxygen atoms in total. The molecule has 7 heteroatoms. The first-order valence-electron chi connectivity index (χ1n) is 6.63. The summed E-state index contributed by atoms with van der Waals surface area (Å²) in [6.07, 6.45) is 0.0578. The van der Waals surface area contributed by atoms with Crippen molar-refractivity contribution in [1.82, 2.24) is 5.32 Å². The number of rotatable bonds is 4. The van der Waals surface area contributed by atoms with Gasteiger partial charge in [-0.1, -0.05) is 15.9 Å². The van der Waals surface area contributed by atoms with Crippen LogP contribution in [0.4, 0.5) is 5.69 Å². The summed E-state index contributed by atoms with van der Waals surface area (Å²) in [6.45, 7) is 4.35. The van der Waals surface area contributed by atoms with Gasteiger partial charge in [-0.3, -0.25) is 4.79 Å². The Bertz CT molecular complexity index is 499. The molecule has 1 aliphatic rings. The van der Waals surface area contributed by atoms with E-state index in [1.165, 1.54) is 0 Å². The maximum Gasteiger partial charge on any atom is 0.241 e. The minimum absolute atomic E-state index is 0. The maximum atomic E-state index is 12.1. The van der Waals surface area contributed by atoms with Crippen LogP contribution in [0.3, 0.4) is 0 Å². The number of aliphatic hydroxyl groups excluding tert-OH is 1. The van der Waals surface area contributed by atoms with Crippen LogP contribution >= 0.6 is 28.3 Å². The van der Waals surface area contributed by atoms with Crippen molar-refractivity contribution in [2.24, 2.45) is 0 Å². The fraction of sp³-hybridized carbons (Fsp3) is 0.500. The number of halogens is 2. The number of carbonyl (C=O) groups is 1. The fourth-order valence-electron chi connectivity index (χ4n) is 2.12. The van der Waals surface area contributed by atoms with Gasteiger partial charge in [-0.15, -0.1) is 12.4 Å². The SMILES string of the molecule is CC(C)Oc1cc(Br)cc(NC(=O)C2CC(O)CN2)c1.Cl. The van der Waals surface area contributed by atoms with Gasteiger partial charge in [0.1, 0.15) is 5.75 Å². The van der Waals surface area contributed by atoms with Crippen LogP contribution in [0.1, 0.15) is 20.3 Å². The molecule has 0 aromatic heterocycles.